The molecule has 0 unspecified atom stereocenters. The second-order valence-corrected chi connectivity index (χ2v) is 6.60. The van der Waals surface area contributed by atoms with Crippen LogP contribution >= 0.6 is 0 Å². The summed E-state index contributed by atoms with van der Waals surface area (Å²) in [5, 5.41) is 2.93. The van der Waals surface area contributed by atoms with Crippen molar-refractivity contribution in [1.82, 2.24) is 20.3 Å². The summed E-state index contributed by atoms with van der Waals surface area (Å²) in [5.41, 5.74) is 1.64. The lowest BCUT2D eigenvalue weighted by atomic mass is 10.2. The van der Waals surface area contributed by atoms with Crippen molar-refractivity contribution in [3.05, 3.63) is 78.2 Å². The number of aromatic nitrogens is 3. The maximum atomic E-state index is 12.3. The topological polar surface area (TPSA) is 74.2 Å². The van der Waals surface area contributed by atoms with E-state index in [1.165, 1.54) is 0 Å². The lowest BCUT2D eigenvalue weighted by molar-refractivity contribution is 0.0950. The predicted molar refractivity (Wildman–Crippen MR) is 108 cm³/mol. The highest BCUT2D eigenvalue weighted by molar-refractivity contribution is 5.94. The number of hydrogen-bond acceptors (Lipinski definition) is 6. The summed E-state index contributed by atoms with van der Waals surface area (Å²) in [6.07, 6.45) is 5.16. The van der Waals surface area contributed by atoms with E-state index in [0.717, 1.165) is 43.5 Å². The fourth-order valence-electron chi connectivity index (χ4n) is 3.18. The highest BCUT2D eigenvalue weighted by Gasteiger charge is 2.20. The van der Waals surface area contributed by atoms with Crippen molar-refractivity contribution in [3.63, 3.8) is 0 Å². The summed E-state index contributed by atoms with van der Waals surface area (Å²) in [6.45, 7) is 3.86. The zero-order valence-electron chi connectivity index (χ0n) is 15.5. The molecule has 28 heavy (non-hydrogen) atoms. The molecule has 0 atom stereocenters. The minimum Gasteiger partial charge on any atom is -0.353 e. The average molecular weight is 374 g/mol. The first-order valence-electron chi connectivity index (χ1n) is 9.35. The number of benzene rings is 1. The Morgan fingerprint density at radius 3 is 2.25 bits per heavy atom. The van der Waals surface area contributed by atoms with Crippen molar-refractivity contribution in [2.24, 2.45) is 0 Å². The quantitative estimate of drug-likeness (QED) is 0.737. The third kappa shape index (κ3) is 4.25. The van der Waals surface area contributed by atoms with Gasteiger partial charge in [-0.1, -0.05) is 30.3 Å². The van der Waals surface area contributed by atoms with Crippen LogP contribution in [0.15, 0.2) is 67.1 Å². The number of carbonyl (C=O) groups excluding carboxylic acids is 1. The zero-order chi connectivity index (χ0) is 19.2. The molecule has 1 N–H and O–H groups in total. The van der Waals surface area contributed by atoms with Gasteiger partial charge in [-0.3, -0.25) is 4.79 Å². The molecule has 3 heterocycles. The fourth-order valence-corrected chi connectivity index (χ4v) is 3.18. The smallest absolute Gasteiger partial charge is 0.253 e. The lowest BCUT2D eigenvalue weighted by Gasteiger charge is -2.35. The van der Waals surface area contributed by atoms with E-state index in [1.807, 2.05) is 48.5 Å². The minimum atomic E-state index is -0.117. The monoisotopic (exact) mass is 374 g/mol. The molecule has 1 aliphatic rings. The molecule has 0 saturated carbocycles. The number of nitrogens with one attached hydrogen (secondary N) is 1. The molecule has 4 rings (SSSR count). The van der Waals surface area contributed by atoms with Crippen LogP contribution in [-0.4, -0.2) is 47.0 Å². The van der Waals surface area contributed by atoms with Crippen molar-refractivity contribution in [3.8, 4) is 0 Å². The zero-order valence-corrected chi connectivity index (χ0v) is 15.5. The van der Waals surface area contributed by atoms with Gasteiger partial charge in [-0.25, -0.2) is 15.0 Å². The molecule has 0 radical (unpaired) electrons. The standard InChI is InChI=1S/C21H22N6O/c28-20(25-15-17-5-2-1-3-6-17)18-7-8-19(24-16-18)26-11-13-27(14-12-26)21-22-9-4-10-23-21/h1-10,16H,11-15H2,(H,25,28). The van der Waals surface area contributed by atoms with Gasteiger partial charge in [-0.15, -0.1) is 0 Å². The van der Waals surface area contributed by atoms with Gasteiger partial charge in [-0.2, -0.15) is 0 Å². The second kappa shape index (κ2) is 8.47. The lowest BCUT2D eigenvalue weighted by Crippen LogP contribution is -2.47. The van der Waals surface area contributed by atoms with E-state index in [2.05, 4.69) is 30.1 Å². The highest BCUT2D eigenvalue weighted by atomic mass is 16.1. The Labute approximate surface area is 164 Å². The molecular formula is C21H22N6O. The summed E-state index contributed by atoms with van der Waals surface area (Å²) >= 11 is 0. The Hall–Kier alpha value is -3.48. The van der Waals surface area contributed by atoms with E-state index in [-0.39, 0.29) is 5.91 Å². The second-order valence-electron chi connectivity index (χ2n) is 6.60. The van der Waals surface area contributed by atoms with E-state index in [0.29, 0.717) is 12.1 Å². The first-order valence-corrected chi connectivity index (χ1v) is 9.35. The molecule has 1 fully saturated rings. The Bertz CT molecular complexity index is 893. The van der Waals surface area contributed by atoms with Crippen LogP contribution in [0.2, 0.25) is 0 Å². The molecule has 7 nitrogen and oxygen atoms in total. The van der Waals surface area contributed by atoms with Crippen molar-refractivity contribution in [1.29, 1.82) is 0 Å². The summed E-state index contributed by atoms with van der Waals surface area (Å²) in [4.78, 5) is 29.8. The van der Waals surface area contributed by atoms with E-state index in [4.69, 9.17) is 0 Å². The maximum absolute atomic E-state index is 12.3. The normalized spacial score (nSPS) is 14.0. The molecule has 0 aliphatic carbocycles. The largest absolute Gasteiger partial charge is 0.353 e. The summed E-state index contributed by atoms with van der Waals surface area (Å²) in [5.74, 6) is 1.53. The average Bonchev–Trinajstić information content (AvgIpc) is 2.79. The third-order valence-electron chi connectivity index (χ3n) is 4.74. The number of rotatable bonds is 5. The van der Waals surface area contributed by atoms with Gasteiger partial charge in [0.1, 0.15) is 5.82 Å². The molecule has 2 aromatic heterocycles. The number of carbonyl (C=O) groups is 1. The van der Waals surface area contributed by atoms with Crippen LogP contribution in [-0.2, 0) is 6.54 Å². The van der Waals surface area contributed by atoms with Gasteiger partial charge in [-0.05, 0) is 23.8 Å². The third-order valence-corrected chi connectivity index (χ3v) is 4.74. The SMILES string of the molecule is O=C(NCc1ccccc1)c1ccc(N2CCN(c3ncccn3)CC2)nc1. The van der Waals surface area contributed by atoms with Crippen molar-refractivity contribution < 1.29 is 4.79 Å². The molecule has 142 valence electrons. The van der Waals surface area contributed by atoms with Gasteiger partial charge in [0.25, 0.3) is 5.91 Å². The summed E-state index contributed by atoms with van der Waals surface area (Å²) < 4.78 is 0. The minimum absolute atomic E-state index is 0.117. The van der Waals surface area contributed by atoms with Gasteiger partial charge < -0.3 is 15.1 Å². The number of amides is 1. The number of pyridine rings is 1. The molecule has 1 saturated heterocycles. The van der Waals surface area contributed by atoms with Crippen LogP contribution in [0.3, 0.4) is 0 Å². The Morgan fingerprint density at radius 2 is 1.57 bits per heavy atom. The van der Waals surface area contributed by atoms with Gasteiger partial charge in [0.2, 0.25) is 5.95 Å². The summed E-state index contributed by atoms with van der Waals surface area (Å²) in [7, 11) is 0. The van der Waals surface area contributed by atoms with Gasteiger partial charge >= 0.3 is 0 Å². The first-order chi connectivity index (χ1) is 13.8. The van der Waals surface area contributed by atoms with Crippen LogP contribution < -0.4 is 15.1 Å². The first kappa shape index (κ1) is 17.9. The maximum Gasteiger partial charge on any atom is 0.253 e. The number of hydrogen-bond donors (Lipinski definition) is 1. The summed E-state index contributed by atoms with van der Waals surface area (Å²) in [6, 6.07) is 15.4. The van der Waals surface area contributed by atoms with E-state index in [1.54, 1.807) is 18.6 Å². The number of nitrogens with zero attached hydrogens (tertiary/aromatic N) is 5. The predicted octanol–water partition coefficient (Wildman–Crippen LogP) is 2.13. The van der Waals surface area contributed by atoms with Crippen molar-refractivity contribution >= 4 is 17.7 Å². The Morgan fingerprint density at radius 1 is 0.857 bits per heavy atom. The molecule has 1 aromatic carbocycles. The Kier molecular flexibility index (Phi) is 5.42. The highest BCUT2D eigenvalue weighted by Crippen LogP contribution is 2.16. The van der Waals surface area contributed by atoms with Crippen LogP contribution in [0.4, 0.5) is 11.8 Å². The molecule has 0 bridgehead atoms. The van der Waals surface area contributed by atoms with E-state index >= 15 is 0 Å². The van der Waals surface area contributed by atoms with E-state index < -0.39 is 0 Å². The number of anilines is 2. The number of piperazine rings is 1. The van der Waals surface area contributed by atoms with Crippen molar-refractivity contribution in [2.75, 3.05) is 36.0 Å². The van der Waals surface area contributed by atoms with Crippen LogP contribution in [0.5, 0.6) is 0 Å². The molecule has 1 aliphatic heterocycles. The van der Waals surface area contributed by atoms with Crippen LogP contribution in [0.25, 0.3) is 0 Å². The fraction of sp³-hybridized carbons (Fsp3) is 0.238. The Balaban J connectivity index is 1.31. The van der Waals surface area contributed by atoms with Gasteiger partial charge in [0.05, 0.1) is 5.56 Å². The van der Waals surface area contributed by atoms with E-state index in [9.17, 15) is 4.79 Å². The van der Waals surface area contributed by atoms with Gasteiger partial charge in [0.15, 0.2) is 0 Å². The molecule has 0 spiro atoms. The molecular weight excluding hydrogens is 352 g/mol. The molecule has 7 heteroatoms. The van der Waals surface area contributed by atoms with Crippen LogP contribution in [0, 0.1) is 0 Å². The van der Waals surface area contributed by atoms with Crippen molar-refractivity contribution in [2.45, 2.75) is 6.54 Å². The molecule has 3 aromatic rings. The molecule has 1 amide bonds. The van der Waals surface area contributed by atoms with Gasteiger partial charge in [0, 0.05) is 51.3 Å². The van der Waals surface area contributed by atoms with Crippen LogP contribution in [0.1, 0.15) is 15.9 Å².